The minimum atomic E-state index is -1.54. The monoisotopic (exact) mass is 405 g/mol. The van der Waals surface area contributed by atoms with E-state index in [1.165, 1.54) is 0 Å². The minimum absolute atomic E-state index is 0.220. The maximum Gasteiger partial charge on any atom is 0.305 e. The number of hydrogen-bond acceptors (Lipinski definition) is 3. The summed E-state index contributed by atoms with van der Waals surface area (Å²) in [4.78, 5) is 11.4. The maximum absolute atomic E-state index is 15.0. The van der Waals surface area contributed by atoms with Gasteiger partial charge in [-0.3, -0.25) is 4.79 Å². The van der Waals surface area contributed by atoms with Crippen LogP contribution in [0.2, 0.25) is 0 Å². The zero-order valence-electron chi connectivity index (χ0n) is 17.2. The van der Waals surface area contributed by atoms with Crippen molar-refractivity contribution >= 4 is 17.3 Å². The van der Waals surface area contributed by atoms with Gasteiger partial charge in [0.05, 0.1) is 12.5 Å². The molecule has 2 atom stereocenters. The quantitative estimate of drug-likeness (QED) is 0.665. The highest BCUT2D eigenvalue weighted by Crippen LogP contribution is 2.34. The first-order chi connectivity index (χ1) is 12.9. The summed E-state index contributed by atoms with van der Waals surface area (Å²) in [6, 6.07) is 8.49. The number of halogens is 1. The fourth-order valence-corrected chi connectivity index (χ4v) is 3.98. The topological polar surface area (TPSA) is 72.4 Å². The number of carboxylic acid groups (broad SMARTS) is 1. The van der Waals surface area contributed by atoms with Crippen molar-refractivity contribution in [3.05, 3.63) is 58.4 Å². The molecule has 0 bridgehead atoms. The summed E-state index contributed by atoms with van der Waals surface area (Å²) in [5.74, 6) is -1.56. The molecule has 152 valence electrons. The number of aliphatic carboxylic acids is 1. The van der Waals surface area contributed by atoms with Gasteiger partial charge in [0.15, 0.2) is 0 Å². The Morgan fingerprint density at radius 2 is 1.75 bits per heavy atom. The van der Waals surface area contributed by atoms with Gasteiger partial charge in [-0.2, -0.15) is 0 Å². The first kappa shape index (κ1) is 22.4. The molecular weight excluding hydrogens is 377 g/mol. The second-order valence-electron chi connectivity index (χ2n) is 8.11. The van der Waals surface area contributed by atoms with Crippen LogP contribution in [0, 0.1) is 26.6 Å². The van der Waals surface area contributed by atoms with Gasteiger partial charge in [-0.1, -0.05) is 18.2 Å². The van der Waals surface area contributed by atoms with Crippen LogP contribution < -0.4 is 4.72 Å². The van der Waals surface area contributed by atoms with E-state index in [-0.39, 0.29) is 12.0 Å². The van der Waals surface area contributed by atoms with Crippen molar-refractivity contribution in [2.75, 3.05) is 0 Å². The van der Waals surface area contributed by atoms with Crippen LogP contribution in [0.25, 0.3) is 11.1 Å². The number of aryl methyl sites for hydroxylation is 3. The zero-order valence-corrected chi connectivity index (χ0v) is 18.0. The van der Waals surface area contributed by atoms with Gasteiger partial charge in [-0.25, -0.2) is 4.39 Å². The van der Waals surface area contributed by atoms with Crippen LogP contribution in [-0.4, -0.2) is 20.4 Å². The molecule has 4 nitrogen and oxygen atoms in total. The van der Waals surface area contributed by atoms with Crippen molar-refractivity contribution in [1.29, 1.82) is 0 Å². The van der Waals surface area contributed by atoms with E-state index in [9.17, 15) is 14.5 Å². The number of benzene rings is 2. The van der Waals surface area contributed by atoms with Crippen LogP contribution in [0.3, 0.4) is 0 Å². The second-order valence-corrected chi connectivity index (χ2v) is 10.1. The minimum Gasteiger partial charge on any atom is -0.598 e. The normalized spacial score (nSPS) is 14.0. The molecule has 0 amide bonds. The van der Waals surface area contributed by atoms with E-state index in [0.717, 1.165) is 22.3 Å². The molecule has 0 spiro atoms. The lowest BCUT2D eigenvalue weighted by Gasteiger charge is -2.28. The van der Waals surface area contributed by atoms with E-state index in [4.69, 9.17) is 0 Å². The molecule has 1 unspecified atom stereocenters. The van der Waals surface area contributed by atoms with Gasteiger partial charge in [0, 0.05) is 16.9 Å². The summed E-state index contributed by atoms with van der Waals surface area (Å²) in [5.41, 5.74) is 4.57. The van der Waals surface area contributed by atoms with Crippen molar-refractivity contribution in [2.24, 2.45) is 0 Å². The summed E-state index contributed by atoms with van der Waals surface area (Å²) in [6.07, 6.45) is -0.367. The molecule has 0 heterocycles. The smallest absolute Gasteiger partial charge is 0.305 e. The second kappa shape index (κ2) is 8.64. The number of rotatable bonds is 6. The van der Waals surface area contributed by atoms with Gasteiger partial charge >= 0.3 is 5.97 Å². The third-order valence-electron chi connectivity index (χ3n) is 4.61. The third-order valence-corrected chi connectivity index (χ3v) is 6.22. The summed E-state index contributed by atoms with van der Waals surface area (Å²) in [5, 5.41) is 9.33. The predicted molar refractivity (Wildman–Crippen MR) is 112 cm³/mol. The first-order valence-corrected chi connectivity index (χ1v) is 10.3. The fraction of sp³-hybridized carbons (Fsp3) is 0.409. The molecular formula is C22H28FNO3S. The van der Waals surface area contributed by atoms with Gasteiger partial charge in [-0.15, -0.1) is 4.72 Å². The Bertz CT molecular complexity index is 857. The molecule has 0 aromatic heterocycles. The van der Waals surface area contributed by atoms with Gasteiger partial charge in [0.25, 0.3) is 0 Å². The number of nitrogens with one attached hydrogen (secondary N) is 1. The van der Waals surface area contributed by atoms with Crippen LogP contribution in [-0.2, 0) is 16.2 Å². The van der Waals surface area contributed by atoms with E-state index in [0.29, 0.717) is 5.56 Å². The Labute approximate surface area is 169 Å². The predicted octanol–water partition coefficient (Wildman–Crippen LogP) is 4.99. The average Bonchev–Trinajstić information content (AvgIpc) is 2.55. The van der Waals surface area contributed by atoms with Crippen LogP contribution in [0.15, 0.2) is 30.3 Å². The summed E-state index contributed by atoms with van der Waals surface area (Å²) >= 11 is -1.54. The van der Waals surface area contributed by atoms with E-state index < -0.39 is 33.9 Å². The first-order valence-electron chi connectivity index (χ1n) is 9.18. The molecule has 0 aliphatic rings. The maximum atomic E-state index is 15.0. The molecule has 6 heteroatoms. The standard InChI is InChI=1S/C22H28FNO3S/c1-13-8-7-9-14(2)20(13)16-10-15(3)21(23)17(11-16)18(12-19(25)26)24-28(27)22(4,5)6/h7-11,18,24H,12H2,1-6H3,(H,25,26)/t18?,28-/m1/s1. The molecule has 0 radical (unpaired) electrons. The number of carboxylic acids is 1. The summed E-state index contributed by atoms with van der Waals surface area (Å²) in [6.45, 7) is 11.0. The Morgan fingerprint density at radius 3 is 2.25 bits per heavy atom. The molecule has 0 fully saturated rings. The van der Waals surface area contributed by atoms with E-state index in [2.05, 4.69) is 4.72 Å². The van der Waals surface area contributed by atoms with Crippen LogP contribution in [0.5, 0.6) is 0 Å². The van der Waals surface area contributed by atoms with Crippen LogP contribution in [0.1, 0.15) is 55.5 Å². The molecule has 2 N–H and O–H groups in total. The lowest BCUT2D eigenvalue weighted by Crippen LogP contribution is -2.42. The highest BCUT2D eigenvalue weighted by molar-refractivity contribution is 7.90. The molecule has 2 rings (SSSR count). The lowest BCUT2D eigenvalue weighted by atomic mass is 9.91. The van der Waals surface area contributed by atoms with Gasteiger partial charge in [-0.05, 0) is 81.5 Å². The van der Waals surface area contributed by atoms with E-state index in [1.807, 2.05) is 32.0 Å². The van der Waals surface area contributed by atoms with E-state index >= 15 is 4.39 Å². The Kier molecular flexibility index (Phi) is 6.91. The average molecular weight is 406 g/mol. The summed E-state index contributed by atoms with van der Waals surface area (Å²) < 4.78 is 29.8. The molecule has 0 saturated carbocycles. The zero-order chi connectivity index (χ0) is 21.2. The van der Waals surface area contributed by atoms with Crippen LogP contribution in [0.4, 0.5) is 4.39 Å². The molecule has 2 aromatic rings. The molecule has 0 aliphatic carbocycles. The Hall–Kier alpha value is -1.89. The van der Waals surface area contributed by atoms with Crippen molar-refractivity contribution in [3.63, 3.8) is 0 Å². The largest absolute Gasteiger partial charge is 0.598 e. The molecule has 28 heavy (non-hydrogen) atoms. The van der Waals surface area contributed by atoms with Gasteiger partial charge < -0.3 is 9.66 Å². The fourth-order valence-electron chi connectivity index (χ4n) is 3.16. The molecule has 0 aliphatic heterocycles. The highest BCUT2D eigenvalue weighted by Gasteiger charge is 2.32. The number of hydrogen-bond donors (Lipinski definition) is 2. The SMILES string of the molecule is Cc1cc(-c2c(C)cccc2C)cc(C(CC(=O)O)N[S@+]([O-])C(C)(C)C)c1F. The van der Waals surface area contributed by atoms with Crippen LogP contribution >= 0.6 is 0 Å². The Balaban J connectivity index is 2.60. The highest BCUT2D eigenvalue weighted by atomic mass is 32.2. The Morgan fingerprint density at radius 1 is 1.18 bits per heavy atom. The van der Waals surface area contributed by atoms with Crippen molar-refractivity contribution in [3.8, 4) is 11.1 Å². The van der Waals surface area contributed by atoms with Crippen molar-refractivity contribution < 1.29 is 18.8 Å². The molecule has 0 saturated heterocycles. The van der Waals surface area contributed by atoms with Crippen molar-refractivity contribution in [2.45, 2.75) is 58.8 Å². The third kappa shape index (κ3) is 5.13. The van der Waals surface area contributed by atoms with Crippen molar-refractivity contribution in [1.82, 2.24) is 4.72 Å². The number of carbonyl (C=O) groups is 1. The van der Waals surface area contributed by atoms with E-state index in [1.54, 1.807) is 39.8 Å². The lowest BCUT2D eigenvalue weighted by molar-refractivity contribution is -0.137. The van der Waals surface area contributed by atoms with Gasteiger partial charge in [0.1, 0.15) is 10.6 Å². The van der Waals surface area contributed by atoms with Gasteiger partial charge in [0.2, 0.25) is 0 Å². The molecule has 2 aromatic carbocycles. The summed E-state index contributed by atoms with van der Waals surface area (Å²) in [7, 11) is 0.